The van der Waals surface area contributed by atoms with Crippen LogP contribution in [-0.4, -0.2) is 7.85 Å². The van der Waals surface area contributed by atoms with Gasteiger partial charge in [0.2, 0.25) is 0 Å². The van der Waals surface area contributed by atoms with E-state index in [2.05, 4.69) is 6.58 Å². The molecule has 0 bridgehead atoms. The topological polar surface area (TPSA) is 23.8 Å². The second kappa shape index (κ2) is 10.5. The van der Waals surface area contributed by atoms with Crippen LogP contribution in [0.1, 0.15) is 5.56 Å². The number of nitrogens with zero attached hydrogens (tertiary/aromatic N) is 1. The predicted molar refractivity (Wildman–Crippen MR) is 52.1 cm³/mol. The molecular weight excluding hydrogens is 156 g/mol. The fourth-order valence-electron chi connectivity index (χ4n) is 0.589. The molecule has 3 heteroatoms. The van der Waals surface area contributed by atoms with Gasteiger partial charge in [0, 0.05) is 0 Å². The van der Waals surface area contributed by atoms with Gasteiger partial charge in [-0.05, 0) is 5.56 Å². The Hall–Kier alpha value is -0.485. The third-order valence-electron chi connectivity index (χ3n) is 1.04. The zero-order valence-electron chi connectivity index (χ0n) is 6.62. The maximum atomic E-state index is 7.43. The first-order chi connectivity index (χ1) is 5.35. The summed E-state index contributed by atoms with van der Waals surface area (Å²) in [7, 11) is 0.0694. The molecule has 56 valence electrons. The van der Waals surface area contributed by atoms with Crippen LogP contribution in [0.4, 0.5) is 0 Å². The zero-order valence-corrected chi connectivity index (χ0v) is 8.62. The summed E-state index contributed by atoms with van der Waals surface area (Å²) in [5.74, 6) is 2.00. The van der Waals surface area contributed by atoms with E-state index in [1.54, 1.807) is 0 Å². The van der Waals surface area contributed by atoms with E-state index >= 15 is 0 Å². The molecule has 1 aromatic carbocycles. The van der Waals surface area contributed by atoms with Crippen molar-refractivity contribution >= 4 is 13.9 Å². The standard InChI is InChI=1S/C8H8.CH3BN.Na/c1-2-8-6-4-3-5-7-8;2-1-3;/h2-7H,1H2;2H3;/q;-1;+1. The second-order valence-electron chi connectivity index (χ2n) is 1.61. The first kappa shape index (κ1) is 14.1. The largest absolute Gasteiger partial charge is 1.00 e. The number of rotatable bonds is 1. The van der Waals surface area contributed by atoms with Crippen LogP contribution >= 0.6 is 0 Å². The molecule has 0 aliphatic carbocycles. The van der Waals surface area contributed by atoms with E-state index in [0.29, 0.717) is 0 Å². The maximum Gasteiger partial charge on any atom is 1.00 e. The number of benzene rings is 1. The summed E-state index contributed by atoms with van der Waals surface area (Å²) in [4.78, 5) is 0. The van der Waals surface area contributed by atoms with Gasteiger partial charge in [-0.1, -0.05) is 43.0 Å². The van der Waals surface area contributed by atoms with Gasteiger partial charge in [0.25, 0.3) is 0 Å². The van der Waals surface area contributed by atoms with Gasteiger partial charge in [-0.25, -0.2) is 0 Å². The number of hydrogen-bond acceptors (Lipinski definition) is 1. The van der Waals surface area contributed by atoms with Gasteiger partial charge in [0.15, 0.2) is 0 Å². The van der Waals surface area contributed by atoms with Crippen LogP contribution in [0.2, 0.25) is 0 Å². The van der Waals surface area contributed by atoms with Crippen LogP contribution in [0.25, 0.3) is 6.08 Å². The summed E-state index contributed by atoms with van der Waals surface area (Å²) < 4.78 is 0. The third-order valence-corrected chi connectivity index (χ3v) is 1.04. The Morgan fingerprint density at radius 3 is 2.00 bits per heavy atom. The monoisotopic (exact) mass is 167 g/mol. The van der Waals surface area contributed by atoms with Crippen molar-refractivity contribution in [2.24, 2.45) is 0 Å². The molecule has 0 saturated carbocycles. The molecule has 1 rings (SSSR count). The summed E-state index contributed by atoms with van der Waals surface area (Å²) in [5, 5.41) is 7.43. The van der Waals surface area contributed by atoms with Crippen molar-refractivity contribution < 1.29 is 29.6 Å². The molecule has 0 atom stereocenters. The molecule has 0 spiro atoms. The molecule has 0 fully saturated rings. The molecule has 12 heavy (non-hydrogen) atoms. The molecular formula is C9H11BNNa. The predicted octanol–water partition coefficient (Wildman–Crippen LogP) is -1.83. The molecule has 0 aliphatic heterocycles. The van der Waals surface area contributed by atoms with Crippen LogP contribution < -0.4 is 29.6 Å². The quantitative estimate of drug-likeness (QED) is 0.451. The molecule has 0 saturated heterocycles. The molecule has 1 aromatic rings. The Kier molecular flexibility index (Phi) is 12.3. The summed E-state index contributed by atoms with van der Waals surface area (Å²) in [5.41, 5.74) is 1.17. The van der Waals surface area contributed by atoms with Crippen LogP contribution in [0.5, 0.6) is 0 Å². The van der Waals surface area contributed by atoms with Crippen LogP contribution in [-0.2, 0) is 0 Å². The fourth-order valence-corrected chi connectivity index (χ4v) is 0.589. The third kappa shape index (κ3) is 7.62. The first-order valence-electron chi connectivity index (χ1n) is 2.83. The van der Waals surface area contributed by atoms with Crippen molar-refractivity contribution in [3.05, 3.63) is 42.5 Å². The van der Waals surface area contributed by atoms with Crippen LogP contribution in [0.3, 0.4) is 0 Å². The number of hydrogen-bond donors (Lipinski definition) is 0. The van der Waals surface area contributed by atoms with E-state index in [4.69, 9.17) is 5.26 Å². The van der Waals surface area contributed by atoms with E-state index < -0.39 is 0 Å². The van der Waals surface area contributed by atoms with Gasteiger partial charge >= 0.3 is 29.6 Å². The minimum absolute atomic E-state index is 0. The Balaban J connectivity index is 0. The summed E-state index contributed by atoms with van der Waals surface area (Å²) in [6.07, 6.45) is 1.83. The average Bonchev–Trinajstić information content (AvgIpc) is 2.08. The molecule has 0 unspecified atom stereocenters. The van der Waals surface area contributed by atoms with Crippen molar-refractivity contribution in [1.29, 1.82) is 5.26 Å². The molecule has 1 nitrogen and oxygen atoms in total. The van der Waals surface area contributed by atoms with Crippen molar-refractivity contribution in [2.75, 3.05) is 0 Å². The van der Waals surface area contributed by atoms with E-state index in [0.717, 1.165) is 0 Å². The van der Waals surface area contributed by atoms with Gasteiger partial charge in [0.05, 0.1) is 7.85 Å². The Labute approximate surface area is 96.8 Å². The van der Waals surface area contributed by atoms with E-state index in [1.165, 1.54) is 5.56 Å². The Morgan fingerprint density at radius 1 is 1.33 bits per heavy atom. The summed E-state index contributed by atoms with van der Waals surface area (Å²) >= 11 is 0. The van der Waals surface area contributed by atoms with Crippen molar-refractivity contribution in [3.63, 3.8) is 0 Å². The number of nitriles is 1. The average molecular weight is 167 g/mol. The van der Waals surface area contributed by atoms with Crippen LogP contribution in [0.15, 0.2) is 36.9 Å². The normalized spacial score (nSPS) is 6.33. The molecule has 0 aliphatic rings. The van der Waals surface area contributed by atoms with Gasteiger partial charge in [-0.3, -0.25) is 5.26 Å². The minimum atomic E-state index is 0. The van der Waals surface area contributed by atoms with Crippen molar-refractivity contribution in [2.45, 2.75) is 0 Å². The van der Waals surface area contributed by atoms with Gasteiger partial charge < -0.3 is 0 Å². The van der Waals surface area contributed by atoms with Gasteiger partial charge in [0.1, 0.15) is 0 Å². The first-order valence-corrected chi connectivity index (χ1v) is 2.83. The molecule has 0 heterocycles. The van der Waals surface area contributed by atoms with Crippen molar-refractivity contribution in [1.82, 2.24) is 0 Å². The zero-order chi connectivity index (χ0) is 8.53. The second-order valence-corrected chi connectivity index (χ2v) is 1.61. The SMILES string of the molecule is C=Cc1ccccc1.[BH3-]C#N.[Na+]. The van der Waals surface area contributed by atoms with Gasteiger partial charge in [-0.15, -0.1) is 0 Å². The van der Waals surface area contributed by atoms with E-state index in [9.17, 15) is 0 Å². The smallest absolute Gasteiger partial charge is 0.251 e. The summed E-state index contributed by atoms with van der Waals surface area (Å²) in [6, 6.07) is 10.0. The van der Waals surface area contributed by atoms with E-state index in [1.807, 2.05) is 42.4 Å². The van der Waals surface area contributed by atoms with E-state index in [-0.39, 0.29) is 37.4 Å². The maximum absolute atomic E-state index is 7.43. The Bertz CT molecular complexity index is 240. The molecule has 0 aromatic heterocycles. The summed E-state index contributed by atoms with van der Waals surface area (Å²) in [6.45, 7) is 3.63. The molecule has 0 amide bonds. The fraction of sp³-hybridized carbons (Fsp3) is 0. The van der Waals surface area contributed by atoms with Gasteiger partial charge in [-0.2, -0.15) is 5.97 Å². The minimum Gasteiger partial charge on any atom is -0.251 e. The Morgan fingerprint density at radius 2 is 1.75 bits per heavy atom. The van der Waals surface area contributed by atoms with Crippen molar-refractivity contribution in [3.8, 4) is 5.97 Å². The van der Waals surface area contributed by atoms with Crippen LogP contribution in [0, 0.1) is 11.2 Å². The molecule has 0 radical (unpaired) electrons. The molecule has 0 N–H and O–H groups in total.